The number of carboxylic acids is 1. The second-order valence-electron chi connectivity index (χ2n) is 4.00. The monoisotopic (exact) mass is 263 g/mol. The molecule has 0 bridgehead atoms. The zero-order chi connectivity index (χ0) is 14.0. The van der Waals surface area contributed by atoms with E-state index in [1.165, 1.54) is 35.2 Å². The summed E-state index contributed by atoms with van der Waals surface area (Å²) in [5.74, 6) is -2.08. The Morgan fingerprint density at radius 1 is 1.05 bits per heavy atom. The molecule has 0 heterocycles. The van der Waals surface area contributed by atoms with Gasteiger partial charge in [-0.15, -0.1) is 0 Å². The van der Waals surface area contributed by atoms with Crippen molar-refractivity contribution in [2.24, 2.45) is 0 Å². The topological polar surface area (TPSA) is 40.5 Å². The zero-order valence-electron chi connectivity index (χ0n) is 10.1. The van der Waals surface area contributed by atoms with E-state index in [4.69, 9.17) is 5.11 Å². The maximum Gasteiger partial charge on any atom is 0.337 e. The van der Waals surface area contributed by atoms with Crippen LogP contribution in [0.1, 0.15) is 10.4 Å². The molecule has 1 N–H and O–H groups in total. The molecular formula is C14H11F2NO2. The van der Waals surface area contributed by atoms with Crippen LogP contribution in [-0.4, -0.2) is 18.1 Å². The van der Waals surface area contributed by atoms with Crippen LogP contribution in [0.4, 0.5) is 20.2 Å². The predicted octanol–water partition coefficient (Wildman–Crippen LogP) is 3.43. The highest BCUT2D eigenvalue weighted by Crippen LogP contribution is 2.28. The van der Waals surface area contributed by atoms with Crippen LogP contribution in [-0.2, 0) is 0 Å². The summed E-state index contributed by atoms with van der Waals surface area (Å²) in [6, 6.07) is 8.92. The molecule has 0 unspecified atom stereocenters. The molecule has 0 saturated carbocycles. The summed E-state index contributed by atoms with van der Waals surface area (Å²) in [6.45, 7) is 0. The van der Waals surface area contributed by atoms with Gasteiger partial charge in [-0.25, -0.2) is 13.6 Å². The lowest BCUT2D eigenvalue weighted by Gasteiger charge is -2.21. The molecule has 0 aliphatic carbocycles. The molecule has 2 rings (SSSR count). The van der Waals surface area contributed by atoms with E-state index >= 15 is 0 Å². The normalized spacial score (nSPS) is 10.3. The number of hydrogen-bond donors (Lipinski definition) is 1. The highest BCUT2D eigenvalue weighted by Gasteiger charge is 2.15. The van der Waals surface area contributed by atoms with Crippen LogP contribution in [0.15, 0.2) is 42.5 Å². The summed E-state index contributed by atoms with van der Waals surface area (Å²) in [5, 5.41) is 9.09. The lowest BCUT2D eigenvalue weighted by molar-refractivity contribution is 0.0697. The molecule has 2 aromatic carbocycles. The molecule has 0 amide bonds. The van der Waals surface area contributed by atoms with Gasteiger partial charge in [-0.1, -0.05) is 0 Å². The van der Waals surface area contributed by atoms with E-state index in [9.17, 15) is 13.6 Å². The quantitative estimate of drug-likeness (QED) is 0.922. The molecule has 0 aromatic heterocycles. The number of rotatable bonds is 3. The lowest BCUT2D eigenvalue weighted by atomic mass is 10.1. The average Bonchev–Trinajstić information content (AvgIpc) is 2.38. The van der Waals surface area contributed by atoms with E-state index in [2.05, 4.69) is 0 Å². The molecule has 0 aliphatic heterocycles. The first-order valence-corrected chi connectivity index (χ1v) is 5.51. The first-order chi connectivity index (χ1) is 8.99. The van der Waals surface area contributed by atoms with Crippen LogP contribution < -0.4 is 4.90 Å². The summed E-state index contributed by atoms with van der Waals surface area (Å²) in [4.78, 5) is 12.6. The molecule has 19 heavy (non-hydrogen) atoms. The Labute approximate surface area is 108 Å². The number of anilines is 2. The highest BCUT2D eigenvalue weighted by molar-refractivity contribution is 5.95. The van der Waals surface area contributed by atoms with Gasteiger partial charge in [0, 0.05) is 12.7 Å². The van der Waals surface area contributed by atoms with Crippen LogP contribution in [0, 0.1) is 11.6 Å². The van der Waals surface area contributed by atoms with Crippen molar-refractivity contribution >= 4 is 17.3 Å². The minimum atomic E-state index is -1.15. The fourth-order valence-electron chi connectivity index (χ4n) is 1.77. The van der Waals surface area contributed by atoms with Crippen molar-refractivity contribution in [3.8, 4) is 0 Å². The van der Waals surface area contributed by atoms with Gasteiger partial charge >= 0.3 is 5.97 Å². The molecule has 5 heteroatoms. The summed E-state index contributed by atoms with van der Waals surface area (Å²) in [7, 11) is 1.59. The van der Waals surface area contributed by atoms with Gasteiger partial charge in [-0.2, -0.15) is 0 Å². The third-order valence-corrected chi connectivity index (χ3v) is 2.77. The van der Waals surface area contributed by atoms with E-state index in [1.54, 1.807) is 7.05 Å². The summed E-state index contributed by atoms with van der Waals surface area (Å²) < 4.78 is 26.1. The van der Waals surface area contributed by atoms with Gasteiger partial charge in [0.2, 0.25) is 0 Å². The van der Waals surface area contributed by atoms with Gasteiger partial charge in [0.15, 0.2) is 0 Å². The molecule has 2 aromatic rings. The van der Waals surface area contributed by atoms with Crippen molar-refractivity contribution in [2.45, 2.75) is 0 Å². The van der Waals surface area contributed by atoms with Gasteiger partial charge in [0.1, 0.15) is 11.6 Å². The van der Waals surface area contributed by atoms with Crippen LogP contribution in [0.25, 0.3) is 0 Å². The molecule has 0 fully saturated rings. The van der Waals surface area contributed by atoms with Gasteiger partial charge in [0.05, 0.1) is 11.3 Å². The molecule has 98 valence electrons. The Bertz CT molecular complexity index is 611. The fourth-order valence-corrected chi connectivity index (χ4v) is 1.77. The lowest BCUT2D eigenvalue weighted by Crippen LogP contribution is -2.14. The number of aromatic carboxylic acids is 1. The minimum Gasteiger partial charge on any atom is -0.478 e. The van der Waals surface area contributed by atoms with E-state index in [0.717, 1.165) is 12.1 Å². The standard InChI is InChI=1S/C14H11F2NO2/c1-17(11-5-2-9(15)3-6-11)13-8-10(16)4-7-12(13)14(18)19/h2-8H,1H3,(H,18,19). The maximum absolute atomic E-state index is 13.3. The van der Waals surface area contributed by atoms with Crippen LogP contribution >= 0.6 is 0 Å². The first kappa shape index (κ1) is 13.0. The van der Waals surface area contributed by atoms with E-state index < -0.39 is 17.6 Å². The highest BCUT2D eigenvalue weighted by atomic mass is 19.1. The van der Waals surface area contributed by atoms with Gasteiger partial charge < -0.3 is 10.0 Å². The molecule has 0 saturated heterocycles. The Hall–Kier alpha value is -2.43. The average molecular weight is 263 g/mol. The Morgan fingerprint density at radius 3 is 2.21 bits per heavy atom. The van der Waals surface area contributed by atoms with E-state index in [1.807, 2.05) is 0 Å². The third kappa shape index (κ3) is 2.70. The van der Waals surface area contributed by atoms with Crippen molar-refractivity contribution in [2.75, 3.05) is 11.9 Å². The van der Waals surface area contributed by atoms with Crippen molar-refractivity contribution in [3.05, 3.63) is 59.7 Å². The second kappa shape index (κ2) is 5.06. The summed E-state index contributed by atoms with van der Waals surface area (Å²) in [6.07, 6.45) is 0. The first-order valence-electron chi connectivity index (χ1n) is 5.51. The summed E-state index contributed by atoms with van der Waals surface area (Å²) in [5.41, 5.74) is 0.752. The van der Waals surface area contributed by atoms with Crippen molar-refractivity contribution in [3.63, 3.8) is 0 Å². The maximum atomic E-state index is 13.3. The van der Waals surface area contributed by atoms with Crippen LogP contribution in [0.3, 0.4) is 0 Å². The molecule has 0 atom stereocenters. The van der Waals surface area contributed by atoms with Crippen LogP contribution in [0.2, 0.25) is 0 Å². The van der Waals surface area contributed by atoms with Crippen molar-refractivity contribution in [1.29, 1.82) is 0 Å². The molecule has 3 nitrogen and oxygen atoms in total. The number of carbonyl (C=O) groups is 1. The second-order valence-corrected chi connectivity index (χ2v) is 4.00. The molecule has 0 aliphatic rings. The molecule has 0 spiro atoms. The van der Waals surface area contributed by atoms with E-state index in [0.29, 0.717) is 5.69 Å². The number of halogens is 2. The van der Waals surface area contributed by atoms with Gasteiger partial charge in [-0.05, 0) is 42.5 Å². The Morgan fingerprint density at radius 2 is 1.63 bits per heavy atom. The number of benzene rings is 2. The largest absolute Gasteiger partial charge is 0.478 e. The smallest absolute Gasteiger partial charge is 0.337 e. The van der Waals surface area contributed by atoms with E-state index in [-0.39, 0.29) is 11.3 Å². The molecule has 0 radical (unpaired) electrons. The zero-order valence-corrected chi connectivity index (χ0v) is 10.1. The Balaban J connectivity index is 2.48. The van der Waals surface area contributed by atoms with Crippen molar-refractivity contribution < 1.29 is 18.7 Å². The van der Waals surface area contributed by atoms with Crippen LogP contribution in [0.5, 0.6) is 0 Å². The summed E-state index contributed by atoms with van der Waals surface area (Å²) >= 11 is 0. The number of hydrogen-bond acceptors (Lipinski definition) is 2. The predicted molar refractivity (Wildman–Crippen MR) is 67.8 cm³/mol. The molecular weight excluding hydrogens is 252 g/mol. The number of nitrogens with zero attached hydrogens (tertiary/aromatic N) is 1. The minimum absolute atomic E-state index is 0.0202. The van der Waals surface area contributed by atoms with Crippen molar-refractivity contribution in [1.82, 2.24) is 0 Å². The fraction of sp³-hybridized carbons (Fsp3) is 0.0714. The SMILES string of the molecule is CN(c1ccc(F)cc1)c1cc(F)ccc1C(=O)O. The third-order valence-electron chi connectivity index (χ3n) is 2.77. The number of carboxylic acid groups (broad SMARTS) is 1. The Kier molecular flexibility index (Phi) is 3.46. The van der Waals surface area contributed by atoms with Gasteiger partial charge in [-0.3, -0.25) is 0 Å². The van der Waals surface area contributed by atoms with Gasteiger partial charge in [0.25, 0.3) is 0 Å².